The molecule has 0 aliphatic carbocycles. The van der Waals surface area contributed by atoms with Crippen molar-refractivity contribution in [3.63, 3.8) is 0 Å². The quantitative estimate of drug-likeness (QED) is 0.0451. The number of nitrogens with one attached hydrogen (secondary N) is 2. The minimum atomic E-state index is -4.88. The summed E-state index contributed by atoms with van der Waals surface area (Å²) in [6.45, 7) is 11.0. The van der Waals surface area contributed by atoms with E-state index in [1.807, 2.05) is 36.9 Å². The summed E-state index contributed by atoms with van der Waals surface area (Å²) in [6.07, 6.45) is -2.12. The minimum Gasteiger partial charge on any atom is -0.480 e. The van der Waals surface area contributed by atoms with Gasteiger partial charge >= 0.3 is 30.1 Å². The Morgan fingerprint density at radius 2 is 1.24 bits per heavy atom. The smallest absolute Gasteiger partial charge is 0.434 e. The van der Waals surface area contributed by atoms with Gasteiger partial charge in [0.2, 0.25) is 17.7 Å². The largest absolute Gasteiger partial charge is 0.480 e. The van der Waals surface area contributed by atoms with Crippen LogP contribution >= 0.6 is 0 Å². The van der Waals surface area contributed by atoms with Crippen LogP contribution in [0.3, 0.4) is 0 Å². The summed E-state index contributed by atoms with van der Waals surface area (Å²) in [5, 5.41) is 44.3. The molecule has 2 aliphatic heterocycles. The summed E-state index contributed by atoms with van der Waals surface area (Å²) in [5.41, 5.74) is 0.909. The normalized spacial score (nSPS) is 16.3. The maximum atomic E-state index is 14.2. The minimum absolute atomic E-state index is 0.0206. The Hall–Kier alpha value is -6.90. The molecule has 2 aliphatic rings. The molecular weight excluding hydrogens is 1150 g/mol. The number of halogens is 3. The average molecular weight is 1240 g/mol. The third-order valence-corrected chi connectivity index (χ3v) is 14.2. The van der Waals surface area contributed by atoms with Crippen LogP contribution < -0.4 is 25.0 Å². The van der Waals surface area contributed by atoms with Gasteiger partial charge in [-0.2, -0.15) is 13.2 Å². The van der Waals surface area contributed by atoms with E-state index >= 15 is 0 Å². The van der Waals surface area contributed by atoms with Crippen molar-refractivity contribution < 1.29 is 86.0 Å². The number of amides is 2. The van der Waals surface area contributed by atoms with Gasteiger partial charge in [-0.05, 0) is 63.6 Å². The predicted molar refractivity (Wildman–Crippen MR) is 311 cm³/mol. The van der Waals surface area contributed by atoms with Crippen molar-refractivity contribution in [1.29, 1.82) is 0 Å². The fourth-order valence-corrected chi connectivity index (χ4v) is 9.95. The first-order valence-corrected chi connectivity index (χ1v) is 29.3. The third-order valence-electron chi connectivity index (χ3n) is 14.2. The van der Waals surface area contributed by atoms with E-state index in [0.29, 0.717) is 88.1 Å². The summed E-state index contributed by atoms with van der Waals surface area (Å²) < 4.78 is 70.7. The number of piperazine rings is 1. The molecule has 0 aromatic carbocycles. The maximum Gasteiger partial charge on any atom is 0.434 e. The molecule has 1 unspecified atom stereocenters. The zero-order valence-electron chi connectivity index (χ0n) is 49.9. The van der Waals surface area contributed by atoms with Gasteiger partial charge in [0.05, 0.1) is 114 Å². The third kappa shape index (κ3) is 25.4. The number of carboxylic acids is 4. The molecule has 0 saturated carbocycles. The highest BCUT2D eigenvalue weighted by atomic mass is 19.4. The first-order chi connectivity index (χ1) is 41.8. The standard InChI is InChI=1S/C57H85F3N12O15/c1-4-42-36-71(56(82)44-10-13-49(86-5-2)65-54(44)57(58,59)60)26-27-72(42)47-12-11-45(43-9-7-15-63-55(43)87-6-3)64-46(47)35-61-14-8-17-66(38-50(74)75)28-30-84-32-34-85-33-31-83-29-16-62-48(73)37-67-18-20-68(39-51(76)77)22-24-70(41-53(80)81)25-23-69(21-19-67)40-52(78)79/h7,9-13,15,42,61H,4-6,8,14,16-41H2,1-3H3,(H,62,73)(H,74,75)(H,76,77)(H,78,79)(H,80,81). The number of alkyl halides is 3. The van der Waals surface area contributed by atoms with Crippen LogP contribution in [0.4, 0.5) is 18.9 Å². The van der Waals surface area contributed by atoms with Gasteiger partial charge in [-0.15, -0.1) is 0 Å². The lowest BCUT2D eigenvalue weighted by Crippen LogP contribution is -2.55. The van der Waals surface area contributed by atoms with Gasteiger partial charge in [0, 0.05) is 116 Å². The van der Waals surface area contributed by atoms with Gasteiger partial charge in [-0.1, -0.05) is 6.92 Å². The SMILES string of the molecule is CCOc1ccc(C(=O)N2CCN(c3ccc(-c4cccnc4OCC)nc3CNCCCN(CCOCCOCCOCCNC(=O)CN3CCN(CC(=O)O)CCN(CC(=O)O)CCN(CC(=O)O)CC3)CC(=O)O)C(CC)C2)c(C(F)(F)F)n1. The lowest BCUT2D eigenvalue weighted by molar-refractivity contribution is -0.142. The van der Waals surface area contributed by atoms with Crippen molar-refractivity contribution in [2.24, 2.45) is 0 Å². The molecule has 2 fully saturated rings. The summed E-state index contributed by atoms with van der Waals surface area (Å²) in [4.78, 5) is 98.6. The number of anilines is 1. The van der Waals surface area contributed by atoms with E-state index in [2.05, 4.69) is 25.5 Å². The summed E-state index contributed by atoms with van der Waals surface area (Å²) >= 11 is 0. The topological polar surface area (TPSA) is 315 Å². The van der Waals surface area contributed by atoms with Crippen molar-refractivity contribution in [1.82, 2.24) is 55.0 Å². The number of pyridine rings is 3. The fraction of sp³-hybridized carbons (Fsp3) is 0.632. The zero-order valence-corrected chi connectivity index (χ0v) is 49.9. The molecule has 484 valence electrons. The molecule has 3 aromatic rings. The number of nitrogens with zero attached hydrogens (tertiary/aromatic N) is 10. The maximum absolute atomic E-state index is 14.2. The van der Waals surface area contributed by atoms with Crippen molar-refractivity contribution in [3.8, 4) is 23.0 Å². The van der Waals surface area contributed by atoms with Crippen molar-refractivity contribution in [2.45, 2.75) is 52.4 Å². The second-order valence-corrected chi connectivity index (χ2v) is 20.6. The van der Waals surface area contributed by atoms with Crippen LogP contribution in [0.2, 0.25) is 0 Å². The molecular formula is C57H85F3N12O15. The number of hydrogen-bond acceptors (Lipinski definition) is 21. The number of aliphatic carboxylic acids is 4. The monoisotopic (exact) mass is 1230 g/mol. The van der Waals surface area contributed by atoms with Crippen LogP contribution in [0.1, 0.15) is 55.4 Å². The zero-order chi connectivity index (χ0) is 63.1. The van der Waals surface area contributed by atoms with Gasteiger partial charge < -0.3 is 64.5 Å². The summed E-state index contributed by atoms with van der Waals surface area (Å²) in [5.74, 6) is -4.99. The first-order valence-electron chi connectivity index (χ1n) is 29.3. The first kappa shape index (κ1) is 70.9. The number of carbonyl (C=O) groups excluding carboxylic acids is 2. The van der Waals surface area contributed by atoms with Crippen molar-refractivity contribution >= 4 is 41.4 Å². The Bertz CT molecular complexity index is 2620. The molecule has 6 N–H and O–H groups in total. The van der Waals surface area contributed by atoms with Gasteiger partial charge in [0.1, 0.15) is 0 Å². The highest BCUT2D eigenvalue weighted by Crippen LogP contribution is 2.35. The molecule has 3 aromatic heterocycles. The Labute approximate surface area is 504 Å². The molecule has 5 rings (SSSR count). The molecule has 1 atom stereocenters. The van der Waals surface area contributed by atoms with E-state index in [0.717, 1.165) is 11.8 Å². The van der Waals surface area contributed by atoms with E-state index in [-0.39, 0.29) is 156 Å². The molecule has 27 nitrogen and oxygen atoms in total. The molecule has 87 heavy (non-hydrogen) atoms. The number of hydrogen-bond donors (Lipinski definition) is 6. The molecule has 0 bridgehead atoms. The number of ether oxygens (including phenoxy) is 5. The fourth-order valence-electron chi connectivity index (χ4n) is 9.95. The van der Waals surface area contributed by atoms with Crippen molar-refractivity contribution in [2.75, 3.05) is 189 Å². The molecule has 30 heteroatoms. The molecule has 0 radical (unpaired) electrons. The number of aromatic nitrogens is 3. The Balaban J connectivity index is 1.04. The molecule has 2 saturated heterocycles. The van der Waals surface area contributed by atoms with Crippen molar-refractivity contribution in [3.05, 3.63) is 59.5 Å². The Morgan fingerprint density at radius 3 is 1.80 bits per heavy atom. The van der Waals surface area contributed by atoms with Crippen LogP contribution in [0.5, 0.6) is 11.8 Å². The lowest BCUT2D eigenvalue weighted by atomic mass is 10.0. The van der Waals surface area contributed by atoms with E-state index < -0.39 is 47.2 Å². The second-order valence-electron chi connectivity index (χ2n) is 20.6. The van der Waals surface area contributed by atoms with Crippen LogP contribution in [0, 0.1) is 0 Å². The molecule has 2 amide bonds. The van der Waals surface area contributed by atoms with Gasteiger partial charge in [-0.25, -0.2) is 15.0 Å². The predicted octanol–water partition coefficient (Wildman–Crippen LogP) is 1.60. The summed E-state index contributed by atoms with van der Waals surface area (Å²) in [7, 11) is 0. The van der Waals surface area contributed by atoms with Crippen LogP contribution in [0.25, 0.3) is 11.3 Å². The van der Waals surface area contributed by atoms with Crippen LogP contribution in [-0.2, 0) is 50.9 Å². The number of carbonyl (C=O) groups is 6. The highest BCUT2D eigenvalue weighted by molar-refractivity contribution is 5.96. The Morgan fingerprint density at radius 1 is 0.655 bits per heavy atom. The van der Waals surface area contributed by atoms with Crippen LogP contribution in [0.15, 0.2) is 42.6 Å². The van der Waals surface area contributed by atoms with E-state index in [1.165, 1.54) is 11.0 Å². The van der Waals surface area contributed by atoms with E-state index in [9.17, 15) is 62.4 Å². The Kier molecular flexibility index (Phi) is 30.7. The summed E-state index contributed by atoms with van der Waals surface area (Å²) in [6, 6.07) is 9.57. The second kappa shape index (κ2) is 37.7. The van der Waals surface area contributed by atoms with Crippen LogP contribution in [-0.4, -0.2) is 290 Å². The van der Waals surface area contributed by atoms with Gasteiger partial charge in [-0.3, -0.25) is 53.3 Å². The molecule has 0 spiro atoms. The number of carboxylic acid groups (broad SMARTS) is 4. The van der Waals surface area contributed by atoms with E-state index in [4.69, 9.17) is 28.7 Å². The highest BCUT2D eigenvalue weighted by Gasteiger charge is 2.40. The van der Waals surface area contributed by atoms with Gasteiger partial charge in [0.25, 0.3) is 5.91 Å². The van der Waals surface area contributed by atoms with E-state index in [1.54, 1.807) is 38.8 Å². The average Bonchev–Trinajstić information content (AvgIpc) is 1.28. The van der Waals surface area contributed by atoms with Gasteiger partial charge in [0.15, 0.2) is 5.69 Å². The lowest BCUT2D eigenvalue weighted by Gasteiger charge is -2.43. The molecule has 5 heterocycles. The number of rotatable bonds is 36.